The highest BCUT2D eigenvalue weighted by atomic mass is 19.1. The van der Waals surface area contributed by atoms with Gasteiger partial charge in [-0.2, -0.15) is 0 Å². The second-order valence-corrected chi connectivity index (χ2v) is 13.6. The van der Waals surface area contributed by atoms with Crippen LogP contribution in [0.2, 0.25) is 0 Å². The smallest absolute Gasteiger partial charge is 0.258 e. The highest BCUT2D eigenvalue weighted by Gasteiger charge is 2.47. The second kappa shape index (κ2) is 12.3. The maximum Gasteiger partial charge on any atom is 0.258 e. The van der Waals surface area contributed by atoms with Crippen LogP contribution in [-0.2, 0) is 9.47 Å². The minimum absolute atomic E-state index is 0.0428. The normalized spacial score (nSPS) is 22.0. The largest absolute Gasteiger partial charge is 0.451 e. The number of amides is 1. The number of piperidine rings is 1. The lowest BCUT2D eigenvalue weighted by molar-refractivity contribution is -0.183. The molecule has 4 aliphatic rings. The highest BCUT2D eigenvalue weighted by molar-refractivity contribution is 5.97. The van der Waals surface area contributed by atoms with Crippen molar-refractivity contribution in [2.75, 3.05) is 50.8 Å². The number of likely N-dealkylation sites (tertiary alicyclic amines) is 1. The number of carbonyl (C=O) groups is 1. The maximum absolute atomic E-state index is 14.3. The van der Waals surface area contributed by atoms with Gasteiger partial charge in [-0.05, 0) is 90.6 Å². The fourth-order valence-corrected chi connectivity index (χ4v) is 7.59. The van der Waals surface area contributed by atoms with E-state index in [0.29, 0.717) is 17.3 Å². The third kappa shape index (κ3) is 6.37. The van der Waals surface area contributed by atoms with Gasteiger partial charge in [-0.25, -0.2) is 14.4 Å². The van der Waals surface area contributed by atoms with Gasteiger partial charge in [0, 0.05) is 50.0 Å². The molecule has 2 aromatic rings. The molecule has 3 aliphatic heterocycles. The molecule has 3 saturated heterocycles. The number of carbonyl (C=O) groups excluding carboxylic acids is 1. The zero-order valence-electron chi connectivity index (χ0n) is 26.1. The Labute approximate surface area is 254 Å². The molecule has 1 amide bonds. The summed E-state index contributed by atoms with van der Waals surface area (Å²) in [5, 5.41) is 0. The van der Waals surface area contributed by atoms with E-state index >= 15 is 0 Å². The lowest BCUT2D eigenvalue weighted by Gasteiger charge is -2.55. The van der Waals surface area contributed by atoms with Crippen molar-refractivity contribution in [3.05, 3.63) is 42.1 Å². The van der Waals surface area contributed by atoms with Crippen molar-refractivity contribution in [2.45, 2.75) is 84.1 Å². The first-order chi connectivity index (χ1) is 20.7. The zero-order valence-corrected chi connectivity index (χ0v) is 26.1. The highest BCUT2D eigenvalue weighted by Crippen LogP contribution is 2.46. The summed E-state index contributed by atoms with van der Waals surface area (Å²) < 4.78 is 32.5. The molecule has 0 atom stereocenters. The van der Waals surface area contributed by atoms with Gasteiger partial charge in [0.1, 0.15) is 17.9 Å². The van der Waals surface area contributed by atoms with Gasteiger partial charge in [0.25, 0.3) is 5.91 Å². The van der Waals surface area contributed by atoms with Crippen molar-refractivity contribution >= 4 is 11.7 Å². The van der Waals surface area contributed by atoms with Crippen LogP contribution in [0.4, 0.5) is 10.2 Å². The quantitative estimate of drug-likeness (QED) is 0.396. The van der Waals surface area contributed by atoms with Crippen LogP contribution in [0.1, 0.15) is 76.6 Å². The van der Waals surface area contributed by atoms with Gasteiger partial charge in [-0.15, -0.1) is 0 Å². The van der Waals surface area contributed by atoms with E-state index in [1.807, 2.05) is 27.7 Å². The summed E-state index contributed by atoms with van der Waals surface area (Å²) in [5.74, 6) is 1.19. The SMILES string of the molecule is CC(C)N(C(=O)c1cc(F)ccc1Oc1cncnc1N1CC2(CCN(CC3CCC4(CC3)OCCO4)CC2)C1)C(C)C. The van der Waals surface area contributed by atoms with E-state index < -0.39 is 5.82 Å². The van der Waals surface area contributed by atoms with E-state index in [2.05, 4.69) is 19.8 Å². The summed E-state index contributed by atoms with van der Waals surface area (Å²) in [4.78, 5) is 28.9. The van der Waals surface area contributed by atoms with Crippen molar-refractivity contribution < 1.29 is 23.4 Å². The Bertz CT molecular complexity index is 1270. The first-order valence-corrected chi connectivity index (χ1v) is 16.0. The van der Waals surface area contributed by atoms with Gasteiger partial charge in [0.2, 0.25) is 0 Å². The van der Waals surface area contributed by atoms with Crippen molar-refractivity contribution in [1.29, 1.82) is 0 Å². The van der Waals surface area contributed by atoms with E-state index in [4.69, 9.17) is 14.2 Å². The maximum atomic E-state index is 14.3. The lowest BCUT2D eigenvalue weighted by Crippen LogP contribution is -2.61. The molecule has 0 radical (unpaired) electrons. The number of anilines is 1. The van der Waals surface area contributed by atoms with E-state index in [-0.39, 0.29) is 34.8 Å². The summed E-state index contributed by atoms with van der Waals surface area (Å²) in [6.45, 7) is 14.5. The standard InChI is InChI=1S/C33H46FN5O4/c1-23(2)39(24(3)4)31(40)27-17-26(34)5-6-28(27)43-29-18-35-22-36-30(29)38-20-32(21-38)11-13-37(14-12-32)19-25-7-9-33(10-8-25)41-15-16-42-33/h5-6,17-18,22-25H,7-16,19-21H2,1-4H3. The monoisotopic (exact) mass is 595 g/mol. The van der Waals surface area contributed by atoms with E-state index in [1.54, 1.807) is 11.1 Å². The predicted molar refractivity (Wildman–Crippen MR) is 162 cm³/mol. The van der Waals surface area contributed by atoms with Crippen molar-refractivity contribution in [3.8, 4) is 11.5 Å². The molecule has 1 aromatic heterocycles. The van der Waals surface area contributed by atoms with Crippen molar-refractivity contribution in [1.82, 2.24) is 19.8 Å². The van der Waals surface area contributed by atoms with Crippen LogP contribution in [0, 0.1) is 17.2 Å². The van der Waals surface area contributed by atoms with Crippen LogP contribution in [0.3, 0.4) is 0 Å². The number of nitrogens with zero attached hydrogens (tertiary/aromatic N) is 5. The Hall–Kier alpha value is -2.82. The second-order valence-electron chi connectivity index (χ2n) is 13.6. The van der Waals surface area contributed by atoms with Gasteiger partial charge in [0.05, 0.1) is 25.0 Å². The Morgan fingerprint density at radius 2 is 1.72 bits per heavy atom. The molecule has 10 heteroatoms. The zero-order chi connectivity index (χ0) is 30.2. The van der Waals surface area contributed by atoms with Crippen LogP contribution < -0.4 is 9.64 Å². The minimum Gasteiger partial charge on any atom is -0.451 e. The van der Waals surface area contributed by atoms with Gasteiger partial charge >= 0.3 is 0 Å². The fraction of sp³-hybridized carbons (Fsp3) is 0.667. The molecule has 4 heterocycles. The Morgan fingerprint density at radius 1 is 1.05 bits per heavy atom. The predicted octanol–water partition coefficient (Wildman–Crippen LogP) is 5.50. The molecule has 1 aromatic carbocycles. The molecule has 0 bridgehead atoms. The lowest BCUT2D eigenvalue weighted by atomic mass is 9.71. The van der Waals surface area contributed by atoms with Crippen molar-refractivity contribution in [3.63, 3.8) is 0 Å². The average Bonchev–Trinajstić information content (AvgIpc) is 3.42. The summed E-state index contributed by atoms with van der Waals surface area (Å²) in [7, 11) is 0. The first-order valence-electron chi connectivity index (χ1n) is 16.0. The summed E-state index contributed by atoms with van der Waals surface area (Å²) in [6.07, 6.45) is 9.91. The number of benzene rings is 1. The molecule has 9 nitrogen and oxygen atoms in total. The molecule has 43 heavy (non-hydrogen) atoms. The fourth-order valence-electron chi connectivity index (χ4n) is 7.59. The third-order valence-corrected chi connectivity index (χ3v) is 9.86. The molecule has 2 spiro atoms. The summed E-state index contributed by atoms with van der Waals surface area (Å²) in [5.41, 5.74) is 0.480. The molecule has 0 N–H and O–H groups in total. The van der Waals surface area contributed by atoms with E-state index in [0.717, 1.165) is 58.2 Å². The van der Waals surface area contributed by atoms with Crippen LogP contribution in [0.15, 0.2) is 30.7 Å². The topological polar surface area (TPSA) is 80.3 Å². The molecule has 0 unspecified atom stereocenters. The number of aromatic nitrogens is 2. The molecule has 1 saturated carbocycles. The van der Waals surface area contributed by atoms with Crippen LogP contribution in [-0.4, -0.2) is 89.5 Å². The molecule has 6 rings (SSSR count). The average molecular weight is 596 g/mol. The number of halogens is 1. The Balaban J connectivity index is 1.07. The van der Waals surface area contributed by atoms with Gasteiger partial charge in [-0.3, -0.25) is 4.79 Å². The first kappa shape index (κ1) is 30.2. The molecular weight excluding hydrogens is 549 g/mol. The van der Waals surface area contributed by atoms with Gasteiger partial charge < -0.3 is 28.9 Å². The van der Waals surface area contributed by atoms with E-state index in [9.17, 15) is 9.18 Å². The van der Waals surface area contributed by atoms with Crippen LogP contribution in [0.25, 0.3) is 0 Å². The molecule has 4 fully saturated rings. The number of hydrogen-bond acceptors (Lipinski definition) is 8. The van der Waals surface area contributed by atoms with Crippen molar-refractivity contribution in [2.24, 2.45) is 11.3 Å². The number of rotatable bonds is 8. The van der Waals surface area contributed by atoms with Gasteiger partial charge in [0.15, 0.2) is 17.4 Å². The minimum atomic E-state index is -0.479. The molecule has 1 aliphatic carbocycles. The number of hydrogen-bond donors (Lipinski definition) is 0. The number of ether oxygens (including phenoxy) is 3. The molecule has 234 valence electrons. The van der Waals surface area contributed by atoms with E-state index in [1.165, 1.54) is 56.8 Å². The molecular formula is C33H46FN5O4. The van der Waals surface area contributed by atoms with Crippen LogP contribution >= 0.6 is 0 Å². The third-order valence-electron chi connectivity index (χ3n) is 9.86. The Morgan fingerprint density at radius 3 is 2.37 bits per heavy atom. The summed E-state index contributed by atoms with van der Waals surface area (Å²) >= 11 is 0. The van der Waals surface area contributed by atoms with Crippen LogP contribution in [0.5, 0.6) is 11.5 Å². The Kier molecular flexibility index (Phi) is 8.63. The summed E-state index contributed by atoms with van der Waals surface area (Å²) in [6, 6.07) is 4.01. The van der Waals surface area contributed by atoms with Gasteiger partial charge in [-0.1, -0.05) is 0 Å².